The van der Waals surface area contributed by atoms with Crippen LogP contribution < -0.4 is 5.73 Å². The van der Waals surface area contributed by atoms with Gasteiger partial charge in [-0.25, -0.2) is 0 Å². The Balaban J connectivity index is 1.98. The van der Waals surface area contributed by atoms with Crippen molar-refractivity contribution >= 4 is 5.71 Å². The van der Waals surface area contributed by atoms with E-state index in [-0.39, 0.29) is 12.0 Å². The molecule has 0 amide bonds. The summed E-state index contributed by atoms with van der Waals surface area (Å²) >= 11 is 0. The molecule has 2 N–H and O–H groups in total. The second kappa shape index (κ2) is 6.02. The summed E-state index contributed by atoms with van der Waals surface area (Å²) in [5.41, 5.74) is 10.3. The summed E-state index contributed by atoms with van der Waals surface area (Å²) in [7, 11) is 0. The van der Waals surface area contributed by atoms with E-state index in [0.29, 0.717) is 0 Å². The van der Waals surface area contributed by atoms with E-state index in [1.54, 1.807) is 0 Å². The first-order chi connectivity index (χ1) is 9.86. The van der Waals surface area contributed by atoms with Crippen LogP contribution in [0.4, 0.5) is 0 Å². The summed E-state index contributed by atoms with van der Waals surface area (Å²) in [6.45, 7) is 0.945. The van der Waals surface area contributed by atoms with Gasteiger partial charge in [0.2, 0.25) is 0 Å². The fraction of sp³-hybridized carbons (Fsp3) is 0.278. The predicted molar refractivity (Wildman–Crippen MR) is 84.1 cm³/mol. The molecule has 2 nitrogen and oxygen atoms in total. The van der Waals surface area contributed by atoms with Gasteiger partial charge in [-0.1, -0.05) is 60.7 Å². The smallest absolute Gasteiger partial charge is 0.0417 e. The first-order valence-corrected chi connectivity index (χ1v) is 7.25. The van der Waals surface area contributed by atoms with Gasteiger partial charge >= 0.3 is 0 Å². The van der Waals surface area contributed by atoms with Gasteiger partial charge in [-0.3, -0.25) is 4.99 Å². The van der Waals surface area contributed by atoms with Crippen molar-refractivity contribution in [2.24, 2.45) is 10.7 Å². The van der Waals surface area contributed by atoms with Gasteiger partial charge in [0.05, 0.1) is 0 Å². The van der Waals surface area contributed by atoms with Crippen molar-refractivity contribution in [3.05, 3.63) is 71.8 Å². The van der Waals surface area contributed by atoms with Crippen molar-refractivity contribution in [1.82, 2.24) is 0 Å². The largest absolute Gasteiger partial charge is 0.323 e. The van der Waals surface area contributed by atoms with E-state index in [1.165, 1.54) is 16.8 Å². The van der Waals surface area contributed by atoms with Crippen LogP contribution in [-0.2, 0) is 0 Å². The maximum Gasteiger partial charge on any atom is 0.0417 e. The van der Waals surface area contributed by atoms with Gasteiger partial charge in [0.25, 0.3) is 0 Å². The van der Waals surface area contributed by atoms with Crippen LogP contribution in [0.5, 0.6) is 0 Å². The lowest BCUT2D eigenvalue weighted by Crippen LogP contribution is -2.25. The molecule has 0 saturated carbocycles. The Kier molecular flexibility index (Phi) is 3.93. The normalized spacial score (nSPS) is 17.6. The van der Waals surface area contributed by atoms with E-state index in [0.717, 1.165) is 19.4 Å². The second-order valence-electron chi connectivity index (χ2n) is 5.30. The molecule has 0 aromatic heterocycles. The van der Waals surface area contributed by atoms with E-state index in [9.17, 15) is 0 Å². The zero-order valence-corrected chi connectivity index (χ0v) is 11.6. The fourth-order valence-corrected chi connectivity index (χ4v) is 2.95. The molecule has 2 atom stereocenters. The predicted octanol–water partition coefficient (Wildman–Crippen LogP) is 3.71. The van der Waals surface area contributed by atoms with Crippen molar-refractivity contribution in [1.29, 1.82) is 0 Å². The number of hydrogen-bond acceptors (Lipinski definition) is 2. The Labute approximate surface area is 120 Å². The highest BCUT2D eigenvalue weighted by molar-refractivity contribution is 5.93. The molecule has 0 radical (unpaired) electrons. The first kappa shape index (κ1) is 13.1. The average molecular weight is 264 g/mol. The Hall–Kier alpha value is -1.93. The summed E-state index contributed by atoms with van der Waals surface area (Å²) in [5, 5.41) is 0. The highest BCUT2D eigenvalue weighted by atomic mass is 14.8. The lowest BCUT2D eigenvalue weighted by molar-refractivity contribution is 0.667. The van der Waals surface area contributed by atoms with Gasteiger partial charge < -0.3 is 5.73 Å². The van der Waals surface area contributed by atoms with Gasteiger partial charge in [-0.15, -0.1) is 0 Å². The van der Waals surface area contributed by atoms with Crippen LogP contribution in [0.2, 0.25) is 0 Å². The second-order valence-corrected chi connectivity index (χ2v) is 5.30. The Morgan fingerprint density at radius 2 is 1.45 bits per heavy atom. The van der Waals surface area contributed by atoms with Gasteiger partial charge in [0.15, 0.2) is 0 Å². The van der Waals surface area contributed by atoms with Crippen molar-refractivity contribution in [2.75, 3.05) is 6.54 Å². The summed E-state index contributed by atoms with van der Waals surface area (Å²) in [6, 6.07) is 20.8. The number of nitrogens with two attached hydrogens (primary N) is 1. The van der Waals surface area contributed by atoms with Crippen LogP contribution in [0.1, 0.15) is 35.9 Å². The minimum Gasteiger partial charge on any atom is -0.323 e. The van der Waals surface area contributed by atoms with E-state index in [2.05, 4.69) is 36.4 Å². The molecule has 20 heavy (non-hydrogen) atoms. The van der Waals surface area contributed by atoms with Crippen LogP contribution >= 0.6 is 0 Å². The maximum absolute atomic E-state index is 6.57. The number of hydrogen-bond donors (Lipinski definition) is 1. The number of nitrogens with zero attached hydrogens (tertiary/aromatic N) is 1. The molecular formula is C18H20N2. The molecule has 102 valence electrons. The molecule has 1 heterocycles. The number of benzene rings is 2. The molecule has 0 bridgehead atoms. The van der Waals surface area contributed by atoms with Crippen molar-refractivity contribution in [3.63, 3.8) is 0 Å². The first-order valence-electron chi connectivity index (χ1n) is 7.25. The molecule has 1 aliphatic rings. The average Bonchev–Trinajstić information content (AvgIpc) is 3.03. The van der Waals surface area contributed by atoms with Crippen molar-refractivity contribution in [3.8, 4) is 0 Å². The van der Waals surface area contributed by atoms with Gasteiger partial charge in [-0.2, -0.15) is 0 Å². The molecule has 0 fully saturated rings. The lowest BCUT2D eigenvalue weighted by Gasteiger charge is -2.25. The molecule has 0 aliphatic carbocycles. The SMILES string of the molecule is NC(c1ccccc1)C(C1=NCCC1)c1ccccc1. The van der Waals surface area contributed by atoms with E-state index >= 15 is 0 Å². The van der Waals surface area contributed by atoms with E-state index in [4.69, 9.17) is 10.7 Å². The van der Waals surface area contributed by atoms with Crippen LogP contribution in [0.15, 0.2) is 65.7 Å². The van der Waals surface area contributed by atoms with Gasteiger partial charge in [0.1, 0.15) is 0 Å². The lowest BCUT2D eigenvalue weighted by atomic mass is 9.83. The third-order valence-corrected chi connectivity index (χ3v) is 3.97. The van der Waals surface area contributed by atoms with Gasteiger partial charge in [-0.05, 0) is 24.0 Å². The van der Waals surface area contributed by atoms with Crippen molar-refractivity contribution < 1.29 is 0 Å². The Bertz CT molecular complexity index is 575. The fourth-order valence-electron chi connectivity index (χ4n) is 2.95. The third-order valence-electron chi connectivity index (χ3n) is 3.97. The molecule has 3 rings (SSSR count). The molecule has 0 saturated heterocycles. The molecular weight excluding hydrogens is 244 g/mol. The Morgan fingerprint density at radius 1 is 0.850 bits per heavy atom. The maximum atomic E-state index is 6.57. The minimum absolute atomic E-state index is 0.0320. The van der Waals surface area contributed by atoms with Crippen LogP contribution in [0, 0.1) is 0 Å². The van der Waals surface area contributed by atoms with Crippen LogP contribution in [0.25, 0.3) is 0 Å². The van der Waals surface area contributed by atoms with Crippen LogP contribution in [0.3, 0.4) is 0 Å². The number of aliphatic imine (C=N–C) groups is 1. The zero-order valence-electron chi connectivity index (χ0n) is 11.6. The molecule has 2 aromatic carbocycles. The van der Waals surface area contributed by atoms with Gasteiger partial charge in [0, 0.05) is 24.2 Å². The monoisotopic (exact) mass is 264 g/mol. The molecule has 2 unspecified atom stereocenters. The standard InChI is InChI=1S/C18H20N2/c19-18(15-10-5-2-6-11-15)17(16-12-7-13-20-16)14-8-3-1-4-9-14/h1-6,8-11,17-18H,7,12-13,19H2. The highest BCUT2D eigenvalue weighted by Gasteiger charge is 2.27. The van der Waals surface area contributed by atoms with E-state index in [1.807, 2.05) is 24.3 Å². The minimum atomic E-state index is -0.0320. The molecule has 0 spiro atoms. The third kappa shape index (κ3) is 2.66. The summed E-state index contributed by atoms with van der Waals surface area (Å²) < 4.78 is 0. The topological polar surface area (TPSA) is 38.4 Å². The molecule has 2 heteroatoms. The Morgan fingerprint density at radius 3 is 2.00 bits per heavy atom. The molecule has 2 aromatic rings. The summed E-state index contributed by atoms with van der Waals surface area (Å²) in [5.74, 6) is 0.195. The van der Waals surface area contributed by atoms with Crippen LogP contribution in [-0.4, -0.2) is 12.3 Å². The quantitative estimate of drug-likeness (QED) is 0.898. The summed E-state index contributed by atoms with van der Waals surface area (Å²) in [4.78, 5) is 4.70. The van der Waals surface area contributed by atoms with E-state index < -0.39 is 0 Å². The number of rotatable bonds is 4. The highest BCUT2D eigenvalue weighted by Crippen LogP contribution is 2.33. The molecule has 1 aliphatic heterocycles. The zero-order chi connectivity index (χ0) is 13.8. The van der Waals surface area contributed by atoms with Crippen molar-refractivity contribution in [2.45, 2.75) is 24.8 Å². The summed E-state index contributed by atoms with van der Waals surface area (Å²) in [6.07, 6.45) is 2.22.